The van der Waals surface area contributed by atoms with Crippen LogP contribution in [0.15, 0.2) is 9.90 Å². The molecular formula is C12H15N3O2S. The summed E-state index contributed by atoms with van der Waals surface area (Å²) in [7, 11) is 0. The maximum Gasteiger partial charge on any atom is 0.232 e. The summed E-state index contributed by atoms with van der Waals surface area (Å²) in [6.07, 6.45) is 3.05. The van der Waals surface area contributed by atoms with Gasteiger partial charge >= 0.3 is 0 Å². The van der Waals surface area contributed by atoms with Gasteiger partial charge in [0.2, 0.25) is 5.89 Å². The average molecular weight is 265 g/mol. The van der Waals surface area contributed by atoms with Gasteiger partial charge in [-0.25, -0.2) is 4.98 Å². The molecule has 2 atom stereocenters. The molecule has 1 N–H and O–H groups in total. The highest BCUT2D eigenvalue weighted by Gasteiger charge is 2.31. The summed E-state index contributed by atoms with van der Waals surface area (Å²) < 4.78 is 5.25. The maximum atomic E-state index is 9.81. The summed E-state index contributed by atoms with van der Waals surface area (Å²) >= 11 is 1.60. The van der Waals surface area contributed by atoms with E-state index in [1.165, 1.54) is 0 Å². The van der Waals surface area contributed by atoms with Crippen LogP contribution >= 0.6 is 11.3 Å². The van der Waals surface area contributed by atoms with Gasteiger partial charge in [0.1, 0.15) is 5.01 Å². The van der Waals surface area contributed by atoms with Gasteiger partial charge in [0.25, 0.3) is 0 Å². The predicted molar refractivity (Wildman–Crippen MR) is 66.6 cm³/mol. The van der Waals surface area contributed by atoms with Crippen molar-refractivity contribution in [1.29, 1.82) is 0 Å². The third-order valence-corrected chi connectivity index (χ3v) is 4.22. The fraction of sp³-hybridized carbons (Fsp3) is 0.583. The van der Waals surface area contributed by atoms with Crippen LogP contribution in [0.5, 0.6) is 0 Å². The molecule has 0 aliphatic heterocycles. The average Bonchev–Trinajstić information content (AvgIpc) is 3.02. The van der Waals surface area contributed by atoms with Gasteiger partial charge in [-0.3, -0.25) is 0 Å². The van der Waals surface area contributed by atoms with E-state index in [0.717, 1.165) is 30.0 Å². The number of rotatable bonds is 3. The second-order valence-electron chi connectivity index (χ2n) is 4.71. The SMILES string of the molecule is Cc1csc(Cc2noc(C3CCCC3O)n2)n1. The number of aromatic nitrogens is 3. The summed E-state index contributed by atoms with van der Waals surface area (Å²) in [5.41, 5.74) is 1.02. The largest absolute Gasteiger partial charge is 0.392 e. The Balaban J connectivity index is 1.73. The molecule has 0 amide bonds. The van der Waals surface area contributed by atoms with E-state index in [0.29, 0.717) is 18.1 Å². The number of nitrogens with zero attached hydrogens (tertiary/aromatic N) is 3. The lowest BCUT2D eigenvalue weighted by molar-refractivity contribution is 0.148. The zero-order valence-electron chi connectivity index (χ0n) is 10.2. The predicted octanol–water partition coefficient (Wildman–Crippen LogP) is 2.05. The molecule has 1 fully saturated rings. The van der Waals surface area contributed by atoms with Crippen LogP contribution < -0.4 is 0 Å². The standard InChI is InChI=1S/C12H15N3O2S/c1-7-6-18-11(13-7)5-10-14-12(17-15-10)8-3-2-4-9(8)16/h6,8-9,16H,2-5H2,1H3. The molecule has 2 aromatic rings. The van der Waals surface area contributed by atoms with Crippen LogP contribution in [0.25, 0.3) is 0 Å². The van der Waals surface area contributed by atoms with Gasteiger partial charge in [0, 0.05) is 11.1 Å². The highest BCUT2D eigenvalue weighted by Crippen LogP contribution is 2.33. The number of hydrogen-bond donors (Lipinski definition) is 1. The van der Waals surface area contributed by atoms with Crippen LogP contribution in [0, 0.1) is 6.92 Å². The normalized spacial score (nSPS) is 23.7. The van der Waals surface area contributed by atoms with Crippen LogP contribution in [-0.2, 0) is 6.42 Å². The maximum absolute atomic E-state index is 9.81. The van der Waals surface area contributed by atoms with Crippen LogP contribution in [0.3, 0.4) is 0 Å². The van der Waals surface area contributed by atoms with Gasteiger partial charge < -0.3 is 9.63 Å². The third-order valence-electron chi connectivity index (χ3n) is 3.26. The van der Waals surface area contributed by atoms with Crippen molar-refractivity contribution in [1.82, 2.24) is 15.1 Å². The highest BCUT2D eigenvalue weighted by molar-refractivity contribution is 7.09. The minimum atomic E-state index is -0.333. The number of aliphatic hydroxyl groups is 1. The summed E-state index contributed by atoms with van der Waals surface area (Å²) in [5, 5.41) is 16.8. The lowest BCUT2D eigenvalue weighted by Gasteiger charge is -2.07. The molecule has 2 heterocycles. The van der Waals surface area contributed by atoms with Crippen molar-refractivity contribution in [2.45, 2.75) is 44.6 Å². The molecule has 0 spiro atoms. The Hall–Kier alpha value is -1.27. The molecular weight excluding hydrogens is 250 g/mol. The van der Waals surface area contributed by atoms with Crippen molar-refractivity contribution >= 4 is 11.3 Å². The van der Waals surface area contributed by atoms with E-state index < -0.39 is 0 Å². The Labute approximate surface area is 109 Å². The third kappa shape index (κ3) is 2.30. The molecule has 6 heteroatoms. The molecule has 2 aromatic heterocycles. The quantitative estimate of drug-likeness (QED) is 0.919. The van der Waals surface area contributed by atoms with E-state index >= 15 is 0 Å². The second kappa shape index (κ2) is 4.78. The number of aryl methyl sites for hydroxylation is 1. The molecule has 5 nitrogen and oxygen atoms in total. The first-order valence-electron chi connectivity index (χ1n) is 6.14. The molecule has 2 unspecified atom stereocenters. The minimum Gasteiger partial charge on any atom is -0.392 e. The number of thiazole rings is 1. The molecule has 1 aliphatic carbocycles. The second-order valence-corrected chi connectivity index (χ2v) is 5.66. The monoisotopic (exact) mass is 265 g/mol. The lowest BCUT2D eigenvalue weighted by Crippen LogP contribution is -2.11. The topological polar surface area (TPSA) is 72.0 Å². The van der Waals surface area contributed by atoms with E-state index in [9.17, 15) is 5.11 Å². The number of hydrogen-bond acceptors (Lipinski definition) is 6. The molecule has 1 saturated carbocycles. The molecule has 0 bridgehead atoms. The molecule has 0 radical (unpaired) electrons. The first-order chi connectivity index (χ1) is 8.72. The summed E-state index contributed by atoms with van der Waals surface area (Å²) in [4.78, 5) is 8.75. The van der Waals surface area contributed by atoms with Crippen LogP contribution in [0.2, 0.25) is 0 Å². The van der Waals surface area contributed by atoms with Crippen LogP contribution in [0.4, 0.5) is 0 Å². The van der Waals surface area contributed by atoms with Gasteiger partial charge in [-0.05, 0) is 26.2 Å². The van der Waals surface area contributed by atoms with Crippen molar-refractivity contribution in [3.8, 4) is 0 Å². The summed E-state index contributed by atoms with van der Waals surface area (Å²) in [6.45, 7) is 1.97. The smallest absolute Gasteiger partial charge is 0.232 e. The van der Waals surface area contributed by atoms with E-state index in [1.807, 2.05) is 12.3 Å². The van der Waals surface area contributed by atoms with Crippen molar-refractivity contribution in [3.05, 3.63) is 27.8 Å². The summed E-state index contributed by atoms with van der Waals surface area (Å²) in [5.74, 6) is 1.24. The molecule has 1 aliphatic rings. The first kappa shape index (κ1) is 11.8. The molecule has 96 valence electrons. The van der Waals surface area contributed by atoms with Crippen molar-refractivity contribution in [2.24, 2.45) is 0 Å². The molecule has 18 heavy (non-hydrogen) atoms. The van der Waals surface area contributed by atoms with Gasteiger partial charge in [0.15, 0.2) is 5.82 Å². The van der Waals surface area contributed by atoms with Crippen molar-refractivity contribution in [3.63, 3.8) is 0 Å². The summed E-state index contributed by atoms with van der Waals surface area (Å²) in [6, 6.07) is 0. The van der Waals surface area contributed by atoms with Crippen LogP contribution in [0.1, 0.15) is 47.6 Å². The zero-order chi connectivity index (χ0) is 12.5. The first-order valence-corrected chi connectivity index (χ1v) is 7.02. The van der Waals surface area contributed by atoms with Gasteiger partial charge in [-0.15, -0.1) is 11.3 Å². The van der Waals surface area contributed by atoms with Gasteiger partial charge in [-0.1, -0.05) is 5.16 Å². The Kier molecular flexibility index (Phi) is 3.13. The van der Waals surface area contributed by atoms with E-state index in [2.05, 4.69) is 15.1 Å². The van der Waals surface area contributed by atoms with E-state index in [1.54, 1.807) is 11.3 Å². The Morgan fingerprint density at radius 3 is 3.00 bits per heavy atom. The van der Waals surface area contributed by atoms with E-state index in [4.69, 9.17) is 4.52 Å². The van der Waals surface area contributed by atoms with Crippen LogP contribution in [-0.4, -0.2) is 26.3 Å². The highest BCUT2D eigenvalue weighted by atomic mass is 32.1. The van der Waals surface area contributed by atoms with Gasteiger partial charge in [-0.2, -0.15) is 4.98 Å². The zero-order valence-corrected chi connectivity index (χ0v) is 11.0. The van der Waals surface area contributed by atoms with Crippen molar-refractivity contribution < 1.29 is 9.63 Å². The fourth-order valence-corrected chi connectivity index (χ4v) is 3.11. The van der Waals surface area contributed by atoms with Gasteiger partial charge in [0.05, 0.1) is 18.4 Å². The Bertz CT molecular complexity index is 537. The van der Waals surface area contributed by atoms with E-state index in [-0.39, 0.29) is 12.0 Å². The van der Waals surface area contributed by atoms with Crippen molar-refractivity contribution in [2.75, 3.05) is 0 Å². The fourth-order valence-electron chi connectivity index (χ4n) is 2.34. The lowest BCUT2D eigenvalue weighted by atomic mass is 10.1. The molecule has 0 saturated heterocycles. The Morgan fingerprint density at radius 2 is 2.33 bits per heavy atom. The molecule has 0 aromatic carbocycles. The molecule has 3 rings (SSSR count). The minimum absolute atomic E-state index is 0.0179. The Morgan fingerprint density at radius 1 is 1.44 bits per heavy atom. The number of aliphatic hydroxyl groups excluding tert-OH is 1.